The molecule has 0 aromatic heterocycles. The van der Waals surface area contributed by atoms with Crippen molar-refractivity contribution in [3.05, 3.63) is 92.9 Å². The van der Waals surface area contributed by atoms with Gasteiger partial charge < -0.3 is 10.1 Å². The molecule has 0 radical (unpaired) electrons. The van der Waals surface area contributed by atoms with Gasteiger partial charge in [0.15, 0.2) is 6.61 Å². The fraction of sp³-hybridized carbons (Fsp3) is 0.174. The minimum atomic E-state index is -3.82. The van der Waals surface area contributed by atoms with Crippen LogP contribution in [-0.2, 0) is 21.4 Å². The zero-order valence-electron chi connectivity index (χ0n) is 17.5. The second-order valence-electron chi connectivity index (χ2n) is 7.15. The first-order valence-electron chi connectivity index (χ1n) is 9.86. The van der Waals surface area contributed by atoms with E-state index in [-0.39, 0.29) is 28.8 Å². The molecule has 3 aromatic rings. The van der Waals surface area contributed by atoms with Gasteiger partial charge in [-0.3, -0.25) is 4.79 Å². The smallest absolute Gasteiger partial charge is 0.258 e. The average molecular weight is 528 g/mol. The molecule has 3 rings (SSSR count). The van der Waals surface area contributed by atoms with Crippen molar-refractivity contribution in [2.45, 2.75) is 24.4 Å². The van der Waals surface area contributed by atoms with Crippen molar-refractivity contribution in [3.8, 4) is 5.75 Å². The molecule has 174 valence electrons. The maximum absolute atomic E-state index is 12.7. The number of rotatable bonds is 9. The van der Waals surface area contributed by atoms with E-state index in [0.717, 1.165) is 5.56 Å². The van der Waals surface area contributed by atoms with E-state index in [9.17, 15) is 13.2 Å². The number of ether oxygens (including phenoxy) is 1. The molecule has 0 saturated heterocycles. The first-order chi connectivity index (χ1) is 15.7. The first kappa shape index (κ1) is 25.3. The quantitative estimate of drug-likeness (QED) is 0.391. The topological polar surface area (TPSA) is 84.5 Å². The molecule has 2 N–H and O–H groups in total. The molecule has 0 saturated carbocycles. The highest BCUT2D eigenvalue weighted by Crippen LogP contribution is 2.28. The van der Waals surface area contributed by atoms with Crippen molar-refractivity contribution in [1.29, 1.82) is 0 Å². The van der Waals surface area contributed by atoms with Crippen LogP contribution in [0.5, 0.6) is 5.75 Å². The predicted molar refractivity (Wildman–Crippen MR) is 130 cm³/mol. The third-order valence-corrected chi connectivity index (χ3v) is 7.12. The Hall–Kier alpha value is -2.29. The van der Waals surface area contributed by atoms with Gasteiger partial charge in [0.05, 0.1) is 9.92 Å². The van der Waals surface area contributed by atoms with Crippen molar-refractivity contribution in [1.82, 2.24) is 10.0 Å². The van der Waals surface area contributed by atoms with Crippen molar-refractivity contribution >= 4 is 50.7 Å². The Bertz CT molecular complexity index is 1240. The number of carbonyl (C=O) groups is 1. The standard InChI is InChI=1S/C23H21Cl3N2O4S/c1-15(16-5-3-2-4-6-16)28-33(30,31)19-9-10-22(21(26)12-19)32-14-23(29)27-13-17-7-8-18(24)11-20(17)25/h2-12,15,28H,13-14H2,1H3,(H,27,29)/t15-/m1/s1. The Balaban J connectivity index is 1.58. The van der Waals surface area contributed by atoms with E-state index in [0.29, 0.717) is 15.6 Å². The Labute approximate surface area is 207 Å². The molecular formula is C23H21Cl3N2O4S. The Morgan fingerprint density at radius 2 is 1.70 bits per heavy atom. The highest BCUT2D eigenvalue weighted by atomic mass is 35.5. The molecule has 0 aliphatic rings. The van der Waals surface area contributed by atoms with Crippen LogP contribution in [0.15, 0.2) is 71.6 Å². The van der Waals surface area contributed by atoms with Gasteiger partial charge in [-0.2, -0.15) is 0 Å². The molecular weight excluding hydrogens is 507 g/mol. The summed E-state index contributed by atoms with van der Waals surface area (Å²) in [5.41, 5.74) is 1.54. The lowest BCUT2D eigenvalue weighted by atomic mass is 10.1. The number of carbonyl (C=O) groups excluding carboxylic acids is 1. The van der Waals surface area contributed by atoms with Gasteiger partial charge in [0.1, 0.15) is 5.75 Å². The highest BCUT2D eigenvalue weighted by molar-refractivity contribution is 7.89. The summed E-state index contributed by atoms with van der Waals surface area (Å²) < 4.78 is 33.5. The van der Waals surface area contributed by atoms with Crippen LogP contribution >= 0.6 is 34.8 Å². The lowest BCUT2D eigenvalue weighted by Crippen LogP contribution is -2.28. The molecule has 0 heterocycles. The van der Waals surface area contributed by atoms with Crippen LogP contribution in [0.3, 0.4) is 0 Å². The van der Waals surface area contributed by atoms with Crippen molar-refractivity contribution < 1.29 is 17.9 Å². The van der Waals surface area contributed by atoms with Crippen molar-refractivity contribution in [2.75, 3.05) is 6.61 Å². The minimum absolute atomic E-state index is 0.00976. The van der Waals surface area contributed by atoms with Gasteiger partial charge in [-0.15, -0.1) is 0 Å². The predicted octanol–water partition coefficient (Wildman–Crippen LogP) is 5.38. The first-order valence-corrected chi connectivity index (χ1v) is 12.5. The van der Waals surface area contributed by atoms with Crippen LogP contribution in [0.25, 0.3) is 0 Å². The summed E-state index contributed by atoms with van der Waals surface area (Å²) in [7, 11) is -3.82. The summed E-state index contributed by atoms with van der Waals surface area (Å²) in [6.07, 6.45) is 0. The summed E-state index contributed by atoms with van der Waals surface area (Å²) >= 11 is 18.1. The molecule has 0 aliphatic heterocycles. The van der Waals surface area contributed by atoms with Gasteiger partial charge in [-0.25, -0.2) is 13.1 Å². The second kappa shape index (κ2) is 11.2. The normalized spacial score (nSPS) is 12.2. The summed E-state index contributed by atoms with van der Waals surface area (Å²) in [6, 6.07) is 17.8. The van der Waals surface area contributed by atoms with Gasteiger partial charge in [-0.1, -0.05) is 71.2 Å². The highest BCUT2D eigenvalue weighted by Gasteiger charge is 2.20. The third kappa shape index (κ3) is 7.09. The van der Waals surface area contributed by atoms with Gasteiger partial charge in [0.2, 0.25) is 10.0 Å². The molecule has 0 bridgehead atoms. The van der Waals surface area contributed by atoms with E-state index in [2.05, 4.69) is 10.0 Å². The molecule has 0 fully saturated rings. The van der Waals surface area contributed by atoms with Gasteiger partial charge in [-0.05, 0) is 48.4 Å². The zero-order chi connectivity index (χ0) is 24.0. The maximum atomic E-state index is 12.7. The number of amides is 1. The summed E-state index contributed by atoms with van der Waals surface area (Å²) in [5.74, 6) is -0.210. The Kier molecular flexibility index (Phi) is 8.62. The fourth-order valence-corrected chi connectivity index (χ4v) is 4.96. The third-order valence-electron chi connectivity index (χ3n) is 4.70. The van der Waals surface area contributed by atoms with Crippen LogP contribution in [0.2, 0.25) is 15.1 Å². The number of hydrogen-bond acceptors (Lipinski definition) is 4. The number of benzene rings is 3. The zero-order valence-corrected chi connectivity index (χ0v) is 20.6. The average Bonchev–Trinajstić information content (AvgIpc) is 2.78. The molecule has 1 amide bonds. The molecule has 6 nitrogen and oxygen atoms in total. The molecule has 0 spiro atoms. The SMILES string of the molecule is C[C@@H](NS(=O)(=O)c1ccc(OCC(=O)NCc2ccc(Cl)cc2Cl)c(Cl)c1)c1ccccc1. The van der Waals surface area contributed by atoms with Crippen LogP contribution in [0, 0.1) is 0 Å². The number of nitrogens with one attached hydrogen (secondary N) is 2. The van der Waals surface area contributed by atoms with E-state index in [1.165, 1.54) is 18.2 Å². The Morgan fingerprint density at radius 3 is 2.36 bits per heavy atom. The van der Waals surface area contributed by atoms with Crippen LogP contribution < -0.4 is 14.8 Å². The van der Waals surface area contributed by atoms with Gasteiger partial charge >= 0.3 is 0 Å². The number of sulfonamides is 1. The monoisotopic (exact) mass is 526 g/mol. The van der Waals surface area contributed by atoms with Crippen LogP contribution in [-0.4, -0.2) is 20.9 Å². The Morgan fingerprint density at radius 1 is 0.970 bits per heavy atom. The van der Waals surface area contributed by atoms with E-state index in [1.807, 2.05) is 30.3 Å². The van der Waals surface area contributed by atoms with E-state index >= 15 is 0 Å². The summed E-state index contributed by atoms with van der Waals surface area (Å²) in [5, 5.41) is 3.70. The molecule has 33 heavy (non-hydrogen) atoms. The van der Waals surface area contributed by atoms with Gasteiger partial charge in [0, 0.05) is 22.6 Å². The maximum Gasteiger partial charge on any atom is 0.258 e. The molecule has 0 unspecified atom stereocenters. The van der Waals surface area contributed by atoms with E-state index in [1.54, 1.807) is 25.1 Å². The summed E-state index contributed by atoms with van der Waals surface area (Å²) in [4.78, 5) is 12.1. The van der Waals surface area contributed by atoms with E-state index < -0.39 is 22.0 Å². The lowest BCUT2D eigenvalue weighted by Gasteiger charge is -2.15. The van der Waals surface area contributed by atoms with Crippen molar-refractivity contribution in [2.24, 2.45) is 0 Å². The lowest BCUT2D eigenvalue weighted by molar-refractivity contribution is -0.123. The molecule has 1 atom stereocenters. The van der Waals surface area contributed by atoms with Crippen LogP contribution in [0.1, 0.15) is 24.1 Å². The largest absolute Gasteiger partial charge is 0.482 e. The minimum Gasteiger partial charge on any atom is -0.482 e. The second-order valence-corrected chi connectivity index (χ2v) is 10.1. The molecule has 0 aliphatic carbocycles. The van der Waals surface area contributed by atoms with E-state index in [4.69, 9.17) is 39.5 Å². The number of hydrogen-bond donors (Lipinski definition) is 2. The van der Waals surface area contributed by atoms with Gasteiger partial charge in [0.25, 0.3) is 5.91 Å². The fourth-order valence-electron chi connectivity index (χ4n) is 2.93. The van der Waals surface area contributed by atoms with Crippen molar-refractivity contribution in [3.63, 3.8) is 0 Å². The number of halogens is 3. The summed E-state index contributed by atoms with van der Waals surface area (Å²) in [6.45, 7) is 1.65. The molecule has 10 heteroatoms. The van der Waals surface area contributed by atoms with Crippen LogP contribution in [0.4, 0.5) is 0 Å². The molecule has 3 aromatic carbocycles.